The molecule has 2 rings (SSSR count). The average Bonchev–Trinajstić information content (AvgIpc) is 2.50. The molecule has 0 aliphatic carbocycles. The van der Waals surface area contributed by atoms with Gasteiger partial charge in [-0.2, -0.15) is 0 Å². The molecule has 1 aliphatic rings. The number of nitrogens with zero attached hydrogens (tertiary/aromatic N) is 2. The van der Waals surface area contributed by atoms with Gasteiger partial charge in [-0.15, -0.1) is 0 Å². The Labute approximate surface area is 111 Å². The van der Waals surface area contributed by atoms with Crippen LogP contribution in [0.5, 0.6) is 0 Å². The van der Waals surface area contributed by atoms with Gasteiger partial charge in [-0.1, -0.05) is 0 Å². The number of pyridine rings is 1. The van der Waals surface area contributed by atoms with Crippen LogP contribution in [0.3, 0.4) is 0 Å². The van der Waals surface area contributed by atoms with Gasteiger partial charge in [0.1, 0.15) is 0 Å². The molecule has 0 amide bonds. The zero-order valence-electron chi connectivity index (χ0n) is 10.2. The Balaban J connectivity index is 2.32. The van der Waals surface area contributed by atoms with Crippen LogP contribution < -0.4 is 10.6 Å². The van der Waals surface area contributed by atoms with Gasteiger partial charge in [0.2, 0.25) is 0 Å². The third-order valence-electron chi connectivity index (χ3n) is 3.05. The second-order valence-electron chi connectivity index (χ2n) is 4.39. The molecule has 19 heavy (non-hydrogen) atoms. The maximum Gasteiger partial charge on any atom is 0.337 e. The molecular formula is C11H15N3O4S. The standard InChI is InChI=1S/C11H15N3O4S/c12-9-8(11(15)16)2-3-13-10(9)14-4-1-6-19(17,18)7-5-14/h2-3H,1,4-7,12H2,(H,15,16). The summed E-state index contributed by atoms with van der Waals surface area (Å²) in [4.78, 5) is 16.8. The number of rotatable bonds is 2. The van der Waals surface area contributed by atoms with Crippen LogP contribution in [0.2, 0.25) is 0 Å². The summed E-state index contributed by atoms with van der Waals surface area (Å²) >= 11 is 0. The van der Waals surface area contributed by atoms with Crippen molar-refractivity contribution in [2.45, 2.75) is 6.42 Å². The first-order chi connectivity index (χ1) is 8.91. The van der Waals surface area contributed by atoms with E-state index in [1.807, 2.05) is 0 Å². The van der Waals surface area contributed by atoms with E-state index in [0.717, 1.165) is 0 Å². The Morgan fingerprint density at radius 1 is 1.37 bits per heavy atom. The van der Waals surface area contributed by atoms with Crippen LogP contribution in [-0.2, 0) is 9.84 Å². The molecule has 8 heteroatoms. The lowest BCUT2D eigenvalue weighted by Crippen LogP contribution is -2.29. The van der Waals surface area contributed by atoms with Crippen molar-refractivity contribution in [2.24, 2.45) is 0 Å². The lowest BCUT2D eigenvalue weighted by molar-refractivity contribution is 0.0698. The first-order valence-corrected chi connectivity index (χ1v) is 7.66. The van der Waals surface area contributed by atoms with E-state index in [1.54, 1.807) is 4.90 Å². The summed E-state index contributed by atoms with van der Waals surface area (Å²) in [6.07, 6.45) is 1.86. The predicted molar refractivity (Wildman–Crippen MR) is 71.1 cm³/mol. The molecule has 1 aliphatic heterocycles. The van der Waals surface area contributed by atoms with Gasteiger partial charge in [-0.3, -0.25) is 0 Å². The Hall–Kier alpha value is -1.83. The minimum Gasteiger partial charge on any atom is -0.478 e. The molecule has 0 radical (unpaired) electrons. The van der Waals surface area contributed by atoms with Gasteiger partial charge in [0.25, 0.3) is 0 Å². The van der Waals surface area contributed by atoms with E-state index in [0.29, 0.717) is 18.8 Å². The summed E-state index contributed by atoms with van der Waals surface area (Å²) in [6.45, 7) is 0.780. The molecule has 1 aromatic heterocycles. The van der Waals surface area contributed by atoms with Crippen LogP contribution in [0.25, 0.3) is 0 Å². The van der Waals surface area contributed by atoms with Crippen molar-refractivity contribution in [3.63, 3.8) is 0 Å². The summed E-state index contributed by atoms with van der Waals surface area (Å²) in [7, 11) is -3.03. The van der Waals surface area contributed by atoms with Crippen LogP contribution >= 0.6 is 0 Å². The van der Waals surface area contributed by atoms with Gasteiger partial charge in [0.05, 0.1) is 22.8 Å². The molecule has 7 nitrogen and oxygen atoms in total. The van der Waals surface area contributed by atoms with Crippen molar-refractivity contribution in [3.05, 3.63) is 17.8 Å². The van der Waals surface area contributed by atoms with Crippen LogP contribution in [0.15, 0.2) is 12.3 Å². The molecule has 0 spiro atoms. The van der Waals surface area contributed by atoms with E-state index in [1.165, 1.54) is 12.3 Å². The highest BCUT2D eigenvalue weighted by molar-refractivity contribution is 7.91. The monoisotopic (exact) mass is 285 g/mol. The fraction of sp³-hybridized carbons (Fsp3) is 0.455. The molecule has 0 saturated carbocycles. The van der Waals surface area contributed by atoms with Crippen LogP contribution in [0, 0.1) is 0 Å². The predicted octanol–water partition coefficient (Wildman–Crippen LogP) is -0.0131. The molecule has 1 fully saturated rings. The quantitative estimate of drug-likeness (QED) is 0.785. The number of aromatic carboxylic acids is 1. The van der Waals surface area contributed by atoms with E-state index in [-0.39, 0.29) is 29.3 Å². The molecule has 0 unspecified atom stereocenters. The minimum atomic E-state index is -3.03. The number of anilines is 2. The van der Waals surface area contributed by atoms with E-state index in [9.17, 15) is 13.2 Å². The number of hydrogen-bond acceptors (Lipinski definition) is 6. The van der Waals surface area contributed by atoms with Crippen molar-refractivity contribution in [1.29, 1.82) is 0 Å². The Bertz CT molecular complexity index is 600. The maximum absolute atomic E-state index is 11.5. The van der Waals surface area contributed by atoms with Gasteiger partial charge < -0.3 is 15.7 Å². The topological polar surface area (TPSA) is 114 Å². The highest BCUT2D eigenvalue weighted by Gasteiger charge is 2.23. The van der Waals surface area contributed by atoms with Crippen molar-refractivity contribution < 1.29 is 18.3 Å². The number of hydrogen-bond donors (Lipinski definition) is 2. The number of nitrogen functional groups attached to an aromatic ring is 1. The molecule has 0 aromatic carbocycles. The van der Waals surface area contributed by atoms with Gasteiger partial charge in [-0.25, -0.2) is 18.2 Å². The third kappa shape index (κ3) is 2.95. The maximum atomic E-state index is 11.5. The largest absolute Gasteiger partial charge is 0.478 e. The lowest BCUT2D eigenvalue weighted by atomic mass is 10.2. The van der Waals surface area contributed by atoms with E-state index >= 15 is 0 Å². The first-order valence-electron chi connectivity index (χ1n) is 5.84. The third-order valence-corrected chi connectivity index (χ3v) is 4.77. The summed E-state index contributed by atoms with van der Waals surface area (Å²) < 4.78 is 23.1. The van der Waals surface area contributed by atoms with Crippen molar-refractivity contribution >= 4 is 27.3 Å². The summed E-state index contributed by atoms with van der Waals surface area (Å²) in [5, 5.41) is 9.00. The lowest BCUT2D eigenvalue weighted by Gasteiger charge is -2.22. The van der Waals surface area contributed by atoms with Gasteiger partial charge in [-0.05, 0) is 12.5 Å². The second-order valence-corrected chi connectivity index (χ2v) is 6.70. The zero-order valence-corrected chi connectivity index (χ0v) is 11.1. The van der Waals surface area contributed by atoms with Crippen molar-refractivity contribution in [1.82, 2.24) is 4.98 Å². The second kappa shape index (κ2) is 5.04. The number of nitrogens with two attached hydrogens (primary N) is 1. The molecule has 2 heterocycles. The molecule has 3 N–H and O–H groups in total. The SMILES string of the molecule is Nc1c(C(=O)O)ccnc1N1CCCS(=O)(=O)CC1. The number of sulfone groups is 1. The van der Waals surface area contributed by atoms with E-state index in [4.69, 9.17) is 10.8 Å². The van der Waals surface area contributed by atoms with Gasteiger partial charge in [0.15, 0.2) is 15.7 Å². The van der Waals surface area contributed by atoms with E-state index < -0.39 is 15.8 Å². The molecule has 0 bridgehead atoms. The van der Waals surface area contributed by atoms with E-state index in [2.05, 4.69) is 4.98 Å². The number of carbonyl (C=O) groups is 1. The average molecular weight is 285 g/mol. The van der Waals surface area contributed by atoms with Gasteiger partial charge in [0, 0.05) is 19.3 Å². The smallest absolute Gasteiger partial charge is 0.337 e. The summed E-state index contributed by atoms with van der Waals surface area (Å²) in [5.41, 5.74) is 5.86. The molecule has 1 aromatic rings. The van der Waals surface area contributed by atoms with Gasteiger partial charge >= 0.3 is 5.97 Å². The Kier molecular flexibility index (Phi) is 3.61. The number of aromatic nitrogens is 1. The zero-order chi connectivity index (χ0) is 14.0. The summed E-state index contributed by atoms with van der Waals surface area (Å²) in [6, 6.07) is 1.33. The number of carboxylic acids is 1. The van der Waals surface area contributed by atoms with Crippen molar-refractivity contribution in [2.75, 3.05) is 35.2 Å². The van der Waals surface area contributed by atoms with Crippen molar-refractivity contribution in [3.8, 4) is 0 Å². The first kappa shape index (κ1) is 13.6. The fourth-order valence-corrected chi connectivity index (χ4v) is 3.32. The summed E-state index contributed by atoms with van der Waals surface area (Å²) in [5.74, 6) is -0.603. The molecule has 0 atom stereocenters. The highest BCUT2D eigenvalue weighted by Crippen LogP contribution is 2.25. The van der Waals surface area contributed by atoms with Crippen LogP contribution in [0.1, 0.15) is 16.8 Å². The van der Waals surface area contributed by atoms with Crippen LogP contribution in [0.4, 0.5) is 11.5 Å². The Morgan fingerprint density at radius 3 is 2.79 bits per heavy atom. The fourth-order valence-electron chi connectivity index (χ4n) is 2.05. The normalized spacial score (nSPS) is 18.8. The minimum absolute atomic E-state index is 0.0166. The molecular weight excluding hydrogens is 270 g/mol. The van der Waals surface area contributed by atoms with Crippen LogP contribution in [-0.4, -0.2) is 49.1 Å². The highest BCUT2D eigenvalue weighted by atomic mass is 32.2. The molecule has 1 saturated heterocycles. The Morgan fingerprint density at radius 2 is 2.11 bits per heavy atom. The number of carboxylic acid groups (broad SMARTS) is 1. The molecule has 104 valence electrons.